The summed E-state index contributed by atoms with van der Waals surface area (Å²) in [4.78, 5) is 0. The van der Waals surface area contributed by atoms with E-state index in [4.69, 9.17) is 0 Å². The van der Waals surface area contributed by atoms with Gasteiger partial charge < -0.3 is 0 Å². The highest BCUT2D eigenvalue weighted by Gasteiger charge is 2.50. The number of hydrogen-bond acceptors (Lipinski definition) is 1. The fraction of sp³-hybridized carbons (Fsp3) is 0.667. The van der Waals surface area contributed by atoms with Crippen molar-refractivity contribution in [1.82, 2.24) is 0 Å². The molecule has 0 aromatic carbocycles. The molecule has 0 radical (unpaired) electrons. The molecule has 2 unspecified atom stereocenters. The second kappa shape index (κ2) is 0.921. The van der Waals surface area contributed by atoms with Crippen LogP contribution in [0.2, 0.25) is 0 Å². The van der Waals surface area contributed by atoms with Gasteiger partial charge in [0.15, 0.2) is 0 Å². The summed E-state index contributed by atoms with van der Waals surface area (Å²) in [5.41, 5.74) is 0.644. The van der Waals surface area contributed by atoms with E-state index in [-0.39, 0.29) is 0 Å². The van der Waals surface area contributed by atoms with E-state index in [2.05, 4.69) is 18.4 Å². The maximum Gasteiger partial charge on any atom is 0.0186 e. The lowest BCUT2D eigenvalue weighted by Crippen LogP contribution is -1.85. The van der Waals surface area contributed by atoms with E-state index in [1.807, 2.05) is 11.8 Å². The van der Waals surface area contributed by atoms with Crippen molar-refractivity contribution < 1.29 is 0 Å². The molecule has 1 aliphatic heterocycles. The zero-order valence-electron chi connectivity index (χ0n) is 4.35. The van der Waals surface area contributed by atoms with Crippen LogP contribution >= 0.6 is 11.8 Å². The van der Waals surface area contributed by atoms with Gasteiger partial charge in [-0.05, 0) is 17.2 Å². The predicted octanol–water partition coefficient (Wildman–Crippen LogP) is 2.03. The van der Waals surface area contributed by atoms with Gasteiger partial charge in [-0.3, -0.25) is 0 Å². The molecule has 7 heavy (non-hydrogen) atoms. The van der Waals surface area contributed by atoms with Gasteiger partial charge in [0, 0.05) is 5.25 Å². The Balaban J connectivity index is 2.32. The molecule has 1 fully saturated rings. The van der Waals surface area contributed by atoms with E-state index >= 15 is 0 Å². The van der Waals surface area contributed by atoms with E-state index in [1.165, 1.54) is 6.42 Å². The number of allylic oxidation sites excluding steroid dienone is 1. The second-order valence-corrected chi connectivity index (χ2v) is 3.75. The van der Waals surface area contributed by atoms with Gasteiger partial charge in [0.05, 0.1) is 0 Å². The standard InChI is InChI=1S/C6H8S/c1-6-2-3-7-5(6)4-6/h2-3,5H,4H2,1H3. The number of hydrogen-bond donors (Lipinski definition) is 0. The van der Waals surface area contributed by atoms with Crippen LogP contribution < -0.4 is 0 Å². The molecule has 0 saturated heterocycles. The van der Waals surface area contributed by atoms with Gasteiger partial charge in [0.2, 0.25) is 0 Å². The Bertz CT molecular complexity index is 128. The molecule has 0 aromatic rings. The molecule has 1 heterocycles. The van der Waals surface area contributed by atoms with Crippen LogP contribution in [0, 0.1) is 5.41 Å². The van der Waals surface area contributed by atoms with Crippen molar-refractivity contribution in [3.05, 3.63) is 11.5 Å². The lowest BCUT2D eigenvalue weighted by Gasteiger charge is -1.90. The van der Waals surface area contributed by atoms with Crippen LogP contribution in [0.5, 0.6) is 0 Å². The molecular formula is C6H8S. The van der Waals surface area contributed by atoms with E-state index in [9.17, 15) is 0 Å². The molecular weight excluding hydrogens is 104 g/mol. The van der Waals surface area contributed by atoms with Gasteiger partial charge in [-0.1, -0.05) is 13.0 Å². The molecule has 1 saturated carbocycles. The molecule has 0 bridgehead atoms. The van der Waals surface area contributed by atoms with Gasteiger partial charge in [-0.2, -0.15) is 0 Å². The summed E-state index contributed by atoms with van der Waals surface area (Å²) in [6.07, 6.45) is 3.76. The fourth-order valence-corrected chi connectivity index (χ4v) is 2.43. The Morgan fingerprint density at radius 1 is 1.86 bits per heavy atom. The summed E-state index contributed by atoms with van der Waals surface area (Å²) < 4.78 is 0. The van der Waals surface area contributed by atoms with E-state index in [0.717, 1.165) is 5.25 Å². The average Bonchev–Trinajstić information content (AvgIpc) is 2.09. The lowest BCUT2D eigenvalue weighted by molar-refractivity contribution is 0.761. The fourth-order valence-electron chi connectivity index (χ4n) is 1.01. The molecule has 0 aromatic heterocycles. The van der Waals surface area contributed by atoms with Crippen molar-refractivity contribution in [2.45, 2.75) is 18.6 Å². The van der Waals surface area contributed by atoms with Crippen LogP contribution in [0.1, 0.15) is 13.3 Å². The molecule has 0 N–H and O–H groups in total. The van der Waals surface area contributed by atoms with Crippen molar-refractivity contribution in [3.63, 3.8) is 0 Å². The summed E-state index contributed by atoms with van der Waals surface area (Å²) in [6.45, 7) is 2.33. The first kappa shape index (κ1) is 4.02. The summed E-state index contributed by atoms with van der Waals surface area (Å²) in [6, 6.07) is 0. The zero-order chi connectivity index (χ0) is 4.91. The Labute approximate surface area is 48.0 Å². The molecule has 0 spiro atoms. The quantitative estimate of drug-likeness (QED) is 0.462. The third-order valence-corrected chi connectivity index (χ3v) is 3.22. The number of rotatable bonds is 0. The van der Waals surface area contributed by atoms with Gasteiger partial charge in [-0.15, -0.1) is 11.8 Å². The maximum absolute atomic E-state index is 2.34. The van der Waals surface area contributed by atoms with Crippen LogP contribution in [0.4, 0.5) is 0 Å². The molecule has 38 valence electrons. The topological polar surface area (TPSA) is 0 Å². The predicted molar refractivity (Wildman–Crippen MR) is 33.2 cm³/mol. The van der Waals surface area contributed by atoms with Crippen LogP contribution in [0.25, 0.3) is 0 Å². The highest BCUT2D eigenvalue weighted by molar-refractivity contribution is 8.03. The van der Waals surface area contributed by atoms with Crippen molar-refractivity contribution in [1.29, 1.82) is 0 Å². The smallest absolute Gasteiger partial charge is 0.0186 e. The Morgan fingerprint density at radius 2 is 2.71 bits per heavy atom. The first-order chi connectivity index (χ1) is 3.31. The van der Waals surface area contributed by atoms with Crippen LogP contribution in [-0.2, 0) is 0 Å². The zero-order valence-corrected chi connectivity index (χ0v) is 5.16. The molecule has 1 heteroatoms. The second-order valence-electron chi connectivity index (χ2n) is 2.64. The van der Waals surface area contributed by atoms with E-state index < -0.39 is 0 Å². The Kier molecular flexibility index (Phi) is 0.529. The summed E-state index contributed by atoms with van der Waals surface area (Å²) in [7, 11) is 0. The monoisotopic (exact) mass is 112 g/mol. The molecule has 0 nitrogen and oxygen atoms in total. The Morgan fingerprint density at radius 3 is 2.86 bits per heavy atom. The largest absolute Gasteiger partial charge is 0.130 e. The van der Waals surface area contributed by atoms with Crippen LogP contribution in [0.15, 0.2) is 11.5 Å². The SMILES string of the molecule is CC12C=CSC1C2. The molecule has 1 aliphatic carbocycles. The number of fused-ring (bicyclic) bond motifs is 1. The van der Waals surface area contributed by atoms with E-state index in [0.29, 0.717) is 5.41 Å². The van der Waals surface area contributed by atoms with Crippen molar-refractivity contribution in [3.8, 4) is 0 Å². The van der Waals surface area contributed by atoms with Gasteiger partial charge in [0.1, 0.15) is 0 Å². The average molecular weight is 112 g/mol. The normalized spacial score (nSPS) is 54.7. The summed E-state index contributed by atoms with van der Waals surface area (Å²) in [5.74, 6) is 0. The highest BCUT2D eigenvalue weighted by atomic mass is 32.2. The minimum atomic E-state index is 0.644. The Hall–Kier alpha value is 0.0900. The van der Waals surface area contributed by atoms with Crippen LogP contribution in [-0.4, -0.2) is 5.25 Å². The minimum Gasteiger partial charge on any atom is -0.130 e. The summed E-state index contributed by atoms with van der Waals surface area (Å²) in [5, 5.41) is 3.20. The summed E-state index contributed by atoms with van der Waals surface area (Å²) >= 11 is 1.99. The minimum absolute atomic E-state index is 0.644. The van der Waals surface area contributed by atoms with Crippen molar-refractivity contribution in [2.75, 3.05) is 0 Å². The van der Waals surface area contributed by atoms with Crippen molar-refractivity contribution >= 4 is 11.8 Å². The molecule has 0 amide bonds. The van der Waals surface area contributed by atoms with E-state index in [1.54, 1.807) is 0 Å². The van der Waals surface area contributed by atoms with Crippen molar-refractivity contribution in [2.24, 2.45) is 5.41 Å². The van der Waals surface area contributed by atoms with Crippen LogP contribution in [0.3, 0.4) is 0 Å². The van der Waals surface area contributed by atoms with Gasteiger partial charge >= 0.3 is 0 Å². The maximum atomic E-state index is 2.34. The highest BCUT2D eigenvalue weighted by Crippen LogP contribution is 2.59. The third kappa shape index (κ3) is 0.394. The van der Waals surface area contributed by atoms with Gasteiger partial charge in [0.25, 0.3) is 0 Å². The molecule has 2 atom stereocenters. The van der Waals surface area contributed by atoms with Gasteiger partial charge in [-0.25, -0.2) is 0 Å². The third-order valence-electron chi connectivity index (χ3n) is 1.89. The first-order valence-electron chi connectivity index (χ1n) is 2.64. The molecule has 2 rings (SSSR count). The number of thioether (sulfide) groups is 1. The molecule has 2 aliphatic rings. The lowest BCUT2D eigenvalue weighted by atomic mass is 10.1. The first-order valence-corrected chi connectivity index (χ1v) is 3.59.